The van der Waals surface area contributed by atoms with E-state index in [4.69, 9.17) is 4.74 Å². The van der Waals surface area contributed by atoms with Crippen LogP contribution in [0.3, 0.4) is 0 Å². The number of amides is 1. The number of aromatic nitrogens is 3. The average Bonchev–Trinajstić information content (AvgIpc) is 3.13. The standard InChI is InChI=1S/C24H39N5O2S/c1-16(2)14-29-22(28-4-6-31-7-5-28)26-27-23(29)32-15-21(30)25-17(3)24-11-18-8-19(12-24)10-20(9-18)13-24/h16-20H,4-15H2,1-3H3,(H,25,30)/t17-,18?,19?,20?,24?/m1/s1. The van der Waals surface area contributed by atoms with Crippen LogP contribution in [0.1, 0.15) is 59.3 Å². The maximum Gasteiger partial charge on any atom is 0.230 e. The Morgan fingerprint density at radius 3 is 2.31 bits per heavy atom. The van der Waals surface area contributed by atoms with Gasteiger partial charge in [0.2, 0.25) is 11.9 Å². The van der Waals surface area contributed by atoms with Gasteiger partial charge in [-0.15, -0.1) is 10.2 Å². The zero-order valence-corrected chi connectivity index (χ0v) is 20.7. The summed E-state index contributed by atoms with van der Waals surface area (Å²) >= 11 is 1.52. The molecule has 1 aliphatic heterocycles. The molecule has 4 aliphatic carbocycles. The highest BCUT2D eigenvalue weighted by molar-refractivity contribution is 7.99. The van der Waals surface area contributed by atoms with E-state index < -0.39 is 0 Å². The minimum Gasteiger partial charge on any atom is -0.378 e. The van der Waals surface area contributed by atoms with Crippen molar-refractivity contribution in [3.63, 3.8) is 0 Å². The number of hydrogen-bond donors (Lipinski definition) is 1. The quantitative estimate of drug-likeness (QED) is 0.597. The van der Waals surface area contributed by atoms with Crippen molar-refractivity contribution in [3.05, 3.63) is 0 Å². The lowest BCUT2D eigenvalue weighted by Gasteiger charge is -2.59. The fourth-order valence-electron chi connectivity index (χ4n) is 7.18. The normalized spacial score (nSPS) is 32.5. The molecule has 1 saturated heterocycles. The fraction of sp³-hybridized carbons (Fsp3) is 0.875. The van der Waals surface area contributed by atoms with Crippen LogP contribution in [0.5, 0.6) is 0 Å². The zero-order chi connectivity index (χ0) is 22.3. The number of carbonyl (C=O) groups excluding carboxylic acids is 1. The topological polar surface area (TPSA) is 72.3 Å². The molecule has 0 spiro atoms. The Hall–Kier alpha value is -1.28. The summed E-state index contributed by atoms with van der Waals surface area (Å²) in [5, 5.41) is 13.2. The van der Waals surface area contributed by atoms with Crippen LogP contribution in [0.15, 0.2) is 5.16 Å². The molecule has 2 heterocycles. The van der Waals surface area contributed by atoms with E-state index in [1.807, 2.05) is 0 Å². The van der Waals surface area contributed by atoms with Gasteiger partial charge in [0.1, 0.15) is 0 Å². The van der Waals surface area contributed by atoms with Crippen molar-refractivity contribution in [1.82, 2.24) is 20.1 Å². The minimum atomic E-state index is 0.130. The van der Waals surface area contributed by atoms with Gasteiger partial charge in [-0.1, -0.05) is 25.6 Å². The first-order chi connectivity index (χ1) is 15.4. The second-order valence-corrected chi connectivity index (χ2v) is 12.2. The lowest BCUT2D eigenvalue weighted by Crippen LogP contribution is -2.56. The van der Waals surface area contributed by atoms with E-state index in [0.717, 1.165) is 61.7 Å². The SMILES string of the molecule is CC(C)Cn1c(SCC(=O)N[C@H](C)C23CC4CC(CC(C4)C2)C3)nnc1N1CCOCC1. The summed E-state index contributed by atoms with van der Waals surface area (Å²) in [5.41, 5.74) is 0.343. The molecule has 1 amide bonds. The van der Waals surface area contributed by atoms with Gasteiger partial charge in [0, 0.05) is 25.7 Å². The van der Waals surface area contributed by atoms with Gasteiger partial charge in [0.15, 0.2) is 5.16 Å². The van der Waals surface area contributed by atoms with Gasteiger partial charge < -0.3 is 15.0 Å². The van der Waals surface area contributed by atoms with Gasteiger partial charge in [-0.2, -0.15) is 0 Å². The molecule has 32 heavy (non-hydrogen) atoms. The zero-order valence-electron chi connectivity index (χ0n) is 19.9. The number of carbonyl (C=O) groups is 1. The van der Waals surface area contributed by atoms with Gasteiger partial charge >= 0.3 is 0 Å². The summed E-state index contributed by atoms with van der Waals surface area (Å²) in [5.74, 6) is 4.64. The molecule has 6 rings (SSSR count). The summed E-state index contributed by atoms with van der Waals surface area (Å²) in [6, 6.07) is 0.265. The summed E-state index contributed by atoms with van der Waals surface area (Å²) in [6.45, 7) is 10.6. The number of ether oxygens (including phenoxy) is 1. The van der Waals surface area contributed by atoms with Crippen LogP contribution >= 0.6 is 11.8 Å². The Balaban J connectivity index is 1.21. The van der Waals surface area contributed by atoms with Crippen LogP contribution in [-0.4, -0.2) is 58.8 Å². The third kappa shape index (κ3) is 4.54. The van der Waals surface area contributed by atoms with Crippen molar-refractivity contribution >= 4 is 23.6 Å². The van der Waals surface area contributed by atoms with E-state index >= 15 is 0 Å². The molecule has 5 aliphatic rings. The Bertz CT molecular complexity index is 784. The van der Waals surface area contributed by atoms with Crippen molar-refractivity contribution < 1.29 is 9.53 Å². The van der Waals surface area contributed by atoms with Crippen LogP contribution in [-0.2, 0) is 16.1 Å². The third-order valence-corrected chi connectivity index (χ3v) is 9.22. The molecule has 1 atom stereocenters. The number of rotatable bonds is 8. The molecular weight excluding hydrogens is 422 g/mol. The molecule has 1 aromatic rings. The van der Waals surface area contributed by atoms with E-state index in [-0.39, 0.29) is 11.9 Å². The third-order valence-electron chi connectivity index (χ3n) is 8.25. The monoisotopic (exact) mass is 461 g/mol. The smallest absolute Gasteiger partial charge is 0.230 e. The minimum absolute atomic E-state index is 0.130. The first kappa shape index (κ1) is 22.5. The second kappa shape index (κ2) is 9.16. The van der Waals surface area contributed by atoms with E-state index in [1.54, 1.807) is 0 Å². The second-order valence-electron chi connectivity index (χ2n) is 11.2. The van der Waals surface area contributed by atoms with Crippen LogP contribution in [0, 0.1) is 29.1 Å². The first-order valence-electron chi connectivity index (χ1n) is 12.6. The van der Waals surface area contributed by atoms with Crippen molar-refractivity contribution in [2.45, 2.75) is 77.0 Å². The van der Waals surface area contributed by atoms with Gasteiger partial charge in [0.25, 0.3) is 0 Å². The summed E-state index contributed by atoms with van der Waals surface area (Å²) in [6.07, 6.45) is 8.27. The average molecular weight is 462 g/mol. The molecule has 0 unspecified atom stereocenters. The van der Waals surface area contributed by atoms with Crippen LogP contribution < -0.4 is 10.2 Å². The van der Waals surface area contributed by atoms with Gasteiger partial charge in [-0.25, -0.2) is 0 Å². The number of hydrogen-bond acceptors (Lipinski definition) is 6. The summed E-state index contributed by atoms with van der Waals surface area (Å²) < 4.78 is 7.69. The summed E-state index contributed by atoms with van der Waals surface area (Å²) in [7, 11) is 0. The van der Waals surface area contributed by atoms with Gasteiger partial charge in [0.05, 0.1) is 19.0 Å². The van der Waals surface area contributed by atoms with Crippen LogP contribution in [0.25, 0.3) is 0 Å². The molecule has 1 aromatic heterocycles. The van der Waals surface area contributed by atoms with E-state index in [9.17, 15) is 4.79 Å². The lowest BCUT2D eigenvalue weighted by atomic mass is 9.48. The molecule has 178 valence electrons. The molecule has 0 radical (unpaired) electrons. The number of nitrogens with zero attached hydrogens (tertiary/aromatic N) is 4. The summed E-state index contributed by atoms with van der Waals surface area (Å²) in [4.78, 5) is 15.2. The number of anilines is 1. The largest absolute Gasteiger partial charge is 0.378 e. The predicted octanol–water partition coefficient (Wildman–Crippen LogP) is 3.58. The Labute approximate surface area is 196 Å². The van der Waals surface area contributed by atoms with Crippen LogP contribution in [0.4, 0.5) is 5.95 Å². The predicted molar refractivity (Wildman–Crippen MR) is 127 cm³/mol. The van der Waals surface area contributed by atoms with Gasteiger partial charge in [-0.05, 0) is 74.5 Å². The fourth-order valence-corrected chi connectivity index (χ4v) is 7.94. The highest BCUT2D eigenvalue weighted by Gasteiger charge is 2.53. The molecule has 1 N–H and O–H groups in total. The van der Waals surface area contributed by atoms with E-state index in [1.165, 1.54) is 50.3 Å². The Morgan fingerprint density at radius 2 is 1.72 bits per heavy atom. The highest BCUT2D eigenvalue weighted by Crippen LogP contribution is 2.61. The first-order valence-corrected chi connectivity index (χ1v) is 13.6. The van der Waals surface area contributed by atoms with Crippen molar-refractivity contribution in [2.75, 3.05) is 37.0 Å². The number of thioether (sulfide) groups is 1. The number of nitrogens with one attached hydrogen (secondary N) is 1. The molecule has 0 aromatic carbocycles. The maximum absolute atomic E-state index is 12.9. The van der Waals surface area contributed by atoms with E-state index in [2.05, 4.69) is 45.8 Å². The molecule has 7 nitrogen and oxygen atoms in total. The number of morpholine rings is 1. The molecule has 8 heteroatoms. The molecular formula is C24H39N5O2S. The van der Waals surface area contributed by atoms with Crippen LogP contribution in [0.2, 0.25) is 0 Å². The van der Waals surface area contributed by atoms with Gasteiger partial charge in [-0.3, -0.25) is 9.36 Å². The molecule has 4 saturated carbocycles. The molecule has 4 bridgehead atoms. The molecule has 5 fully saturated rings. The Morgan fingerprint density at radius 1 is 1.09 bits per heavy atom. The Kier molecular flexibility index (Phi) is 6.45. The van der Waals surface area contributed by atoms with Crippen molar-refractivity contribution in [3.8, 4) is 0 Å². The lowest BCUT2D eigenvalue weighted by molar-refractivity contribution is -0.123. The van der Waals surface area contributed by atoms with Crippen molar-refractivity contribution in [2.24, 2.45) is 29.1 Å². The highest BCUT2D eigenvalue weighted by atomic mass is 32.2. The van der Waals surface area contributed by atoms with Crippen molar-refractivity contribution in [1.29, 1.82) is 0 Å². The van der Waals surface area contributed by atoms with E-state index in [0.29, 0.717) is 17.1 Å². The maximum atomic E-state index is 12.9.